The molecule has 0 radical (unpaired) electrons. The lowest BCUT2D eigenvalue weighted by atomic mass is 9.94. The Morgan fingerprint density at radius 2 is 1.65 bits per heavy atom. The van der Waals surface area contributed by atoms with Gasteiger partial charge >= 0.3 is 13.5 Å². The summed E-state index contributed by atoms with van der Waals surface area (Å²) in [6.07, 6.45) is -0.152. The number of benzene rings is 1. The first-order valence-electron chi connectivity index (χ1n) is 9.00. The summed E-state index contributed by atoms with van der Waals surface area (Å²) < 4.78 is 29.5. The summed E-state index contributed by atoms with van der Waals surface area (Å²) in [4.78, 5) is 11.9. The van der Waals surface area contributed by atoms with Crippen LogP contribution in [0.4, 0.5) is 0 Å². The molecule has 0 saturated heterocycles. The number of carbonyl (C=O) groups excluding carboxylic acids is 1. The van der Waals surface area contributed by atoms with E-state index in [0.29, 0.717) is 5.75 Å². The topological polar surface area (TPSA) is 73.9 Å². The maximum atomic E-state index is 13.4. The second-order valence-corrected chi connectivity index (χ2v) is 8.91. The smallest absolute Gasteiger partial charge is 0.342 e. The lowest BCUT2D eigenvalue weighted by Crippen LogP contribution is -2.35. The van der Waals surface area contributed by atoms with Crippen molar-refractivity contribution in [3.8, 4) is 5.75 Å². The SMILES string of the molecule is CCOC(=O)C(C)NP(=O)(COC)Oc1c(C(C)C)cccc1C(C)C. The van der Waals surface area contributed by atoms with E-state index in [1.54, 1.807) is 13.8 Å². The Labute approximate surface area is 157 Å². The van der Waals surface area contributed by atoms with Crippen molar-refractivity contribution in [2.75, 3.05) is 20.1 Å². The fourth-order valence-corrected chi connectivity index (χ4v) is 4.33. The molecule has 0 aromatic heterocycles. The fraction of sp³-hybridized carbons (Fsp3) is 0.632. The molecular formula is C19H32NO5P. The van der Waals surface area contributed by atoms with Gasteiger partial charge in [-0.25, -0.2) is 5.09 Å². The highest BCUT2D eigenvalue weighted by atomic mass is 31.2. The Morgan fingerprint density at radius 1 is 1.12 bits per heavy atom. The van der Waals surface area contributed by atoms with Crippen molar-refractivity contribution in [1.29, 1.82) is 0 Å². The standard InChI is InChI=1S/C19H32NO5P/c1-8-24-19(21)15(6)20-26(22,12-23-7)25-18-16(13(2)3)10-9-11-17(18)14(4)5/h9-11,13-15H,8,12H2,1-7H3,(H,20,22). The largest absolute Gasteiger partial charge is 0.465 e. The second kappa shape index (κ2) is 10.1. The highest BCUT2D eigenvalue weighted by Crippen LogP contribution is 2.48. The van der Waals surface area contributed by atoms with Crippen LogP contribution in [-0.4, -0.2) is 32.1 Å². The van der Waals surface area contributed by atoms with Crippen LogP contribution in [0.3, 0.4) is 0 Å². The monoisotopic (exact) mass is 385 g/mol. The molecule has 1 aromatic rings. The number of hydrogen-bond acceptors (Lipinski definition) is 5. The van der Waals surface area contributed by atoms with Gasteiger partial charge in [-0.3, -0.25) is 9.36 Å². The van der Waals surface area contributed by atoms with E-state index in [2.05, 4.69) is 32.8 Å². The number of para-hydroxylation sites is 1. The van der Waals surface area contributed by atoms with Crippen molar-refractivity contribution in [3.63, 3.8) is 0 Å². The third kappa shape index (κ3) is 6.11. The molecule has 0 fully saturated rings. The number of esters is 1. The molecule has 2 unspecified atom stereocenters. The molecule has 1 N–H and O–H groups in total. The maximum Gasteiger partial charge on any atom is 0.342 e. The van der Waals surface area contributed by atoms with Crippen molar-refractivity contribution in [3.05, 3.63) is 29.3 Å². The van der Waals surface area contributed by atoms with Gasteiger partial charge in [0.25, 0.3) is 0 Å². The van der Waals surface area contributed by atoms with Gasteiger partial charge in [-0.2, -0.15) is 0 Å². The molecule has 0 aliphatic rings. The number of nitrogens with one attached hydrogen (secondary N) is 1. The lowest BCUT2D eigenvalue weighted by molar-refractivity contribution is -0.144. The highest BCUT2D eigenvalue weighted by molar-refractivity contribution is 7.57. The molecule has 0 saturated carbocycles. The van der Waals surface area contributed by atoms with Crippen LogP contribution in [0.2, 0.25) is 0 Å². The number of carbonyl (C=O) groups is 1. The van der Waals surface area contributed by atoms with Crippen LogP contribution in [0.15, 0.2) is 18.2 Å². The van der Waals surface area contributed by atoms with Gasteiger partial charge < -0.3 is 14.0 Å². The summed E-state index contributed by atoms with van der Waals surface area (Å²) in [5.41, 5.74) is 1.94. The average Bonchev–Trinajstić information content (AvgIpc) is 2.54. The van der Waals surface area contributed by atoms with Crippen molar-refractivity contribution in [2.24, 2.45) is 0 Å². The highest BCUT2D eigenvalue weighted by Gasteiger charge is 2.32. The molecule has 1 rings (SSSR count). The predicted molar refractivity (Wildman–Crippen MR) is 104 cm³/mol. The van der Waals surface area contributed by atoms with Gasteiger partial charge in [0.1, 0.15) is 18.1 Å². The minimum atomic E-state index is -3.48. The lowest BCUT2D eigenvalue weighted by Gasteiger charge is -2.27. The Hall–Kier alpha value is -1.36. The first-order valence-corrected chi connectivity index (χ1v) is 10.8. The second-order valence-electron chi connectivity index (χ2n) is 6.86. The Bertz CT molecular complexity index is 619. The first kappa shape index (κ1) is 22.7. The third-order valence-electron chi connectivity index (χ3n) is 3.89. The first-order chi connectivity index (χ1) is 12.1. The Balaban J connectivity index is 3.24. The average molecular weight is 385 g/mol. The Kier molecular flexibility index (Phi) is 8.81. The van der Waals surface area contributed by atoms with E-state index in [1.165, 1.54) is 7.11 Å². The van der Waals surface area contributed by atoms with Crippen LogP contribution >= 0.6 is 7.52 Å². The van der Waals surface area contributed by atoms with E-state index >= 15 is 0 Å². The summed E-state index contributed by atoms with van der Waals surface area (Å²) in [6.45, 7) is 11.8. The van der Waals surface area contributed by atoms with Crippen LogP contribution < -0.4 is 9.61 Å². The van der Waals surface area contributed by atoms with Gasteiger partial charge in [0.05, 0.1) is 6.61 Å². The van der Waals surface area contributed by atoms with Crippen molar-refractivity contribution in [2.45, 2.75) is 59.4 Å². The summed E-state index contributed by atoms with van der Waals surface area (Å²) >= 11 is 0. The van der Waals surface area contributed by atoms with Gasteiger partial charge in [-0.15, -0.1) is 0 Å². The molecule has 148 valence electrons. The molecule has 1 aromatic carbocycles. The molecule has 0 spiro atoms. The molecule has 0 bridgehead atoms. The van der Waals surface area contributed by atoms with E-state index in [-0.39, 0.29) is 24.8 Å². The van der Waals surface area contributed by atoms with Crippen LogP contribution in [0.5, 0.6) is 5.75 Å². The van der Waals surface area contributed by atoms with Crippen molar-refractivity contribution in [1.82, 2.24) is 5.09 Å². The number of ether oxygens (including phenoxy) is 2. The van der Waals surface area contributed by atoms with Crippen LogP contribution in [0.25, 0.3) is 0 Å². The van der Waals surface area contributed by atoms with Gasteiger partial charge in [0.15, 0.2) is 0 Å². The zero-order valence-corrected chi connectivity index (χ0v) is 17.8. The van der Waals surface area contributed by atoms with Crippen molar-refractivity contribution < 1.29 is 23.4 Å². The molecule has 6 nitrogen and oxygen atoms in total. The Morgan fingerprint density at radius 3 is 2.08 bits per heavy atom. The van der Waals surface area contributed by atoms with Gasteiger partial charge in [-0.1, -0.05) is 45.9 Å². The maximum absolute atomic E-state index is 13.4. The molecular weight excluding hydrogens is 353 g/mol. The van der Waals surface area contributed by atoms with E-state index in [0.717, 1.165) is 11.1 Å². The summed E-state index contributed by atoms with van der Waals surface area (Å²) in [6, 6.07) is 5.15. The van der Waals surface area contributed by atoms with Gasteiger partial charge in [0, 0.05) is 7.11 Å². The molecule has 26 heavy (non-hydrogen) atoms. The van der Waals surface area contributed by atoms with Gasteiger partial charge in [0.2, 0.25) is 0 Å². The summed E-state index contributed by atoms with van der Waals surface area (Å²) in [5.74, 6) is 0.513. The molecule has 7 heteroatoms. The third-order valence-corrected chi connectivity index (χ3v) is 5.74. The number of rotatable bonds is 10. The molecule has 2 atom stereocenters. The molecule has 0 aliphatic heterocycles. The summed E-state index contributed by atoms with van der Waals surface area (Å²) in [5, 5.41) is 2.79. The van der Waals surface area contributed by atoms with E-state index in [1.807, 2.05) is 18.2 Å². The summed E-state index contributed by atoms with van der Waals surface area (Å²) in [7, 11) is -2.03. The fourth-order valence-electron chi connectivity index (χ4n) is 2.61. The van der Waals surface area contributed by atoms with Crippen molar-refractivity contribution >= 4 is 13.5 Å². The van der Waals surface area contributed by atoms with E-state index < -0.39 is 19.5 Å². The van der Waals surface area contributed by atoms with Crippen LogP contribution in [0.1, 0.15) is 64.5 Å². The predicted octanol–water partition coefficient (Wildman–Crippen LogP) is 4.65. The van der Waals surface area contributed by atoms with Crippen LogP contribution in [0, 0.1) is 0 Å². The zero-order valence-electron chi connectivity index (χ0n) is 16.9. The molecule has 0 amide bonds. The molecule has 0 aliphatic carbocycles. The van der Waals surface area contributed by atoms with Gasteiger partial charge in [-0.05, 0) is 36.8 Å². The van der Waals surface area contributed by atoms with E-state index in [4.69, 9.17) is 14.0 Å². The normalized spacial score (nSPS) is 15.0. The van der Waals surface area contributed by atoms with E-state index in [9.17, 15) is 9.36 Å². The number of hydrogen-bond donors (Lipinski definition) is 1. The quantitative estimate of drug-likeness (QED) is 0.467. The zero-order chi connectivity index (χ0) is 19.9. The minimum absolute atomic E-state index is 0.152. The number of methoxy groups -OCH3 is 1. The molecule has 0 heterocycles. The van der Waals surface area contributed by atoms with Crippen LogP contribution in [-0.2, 0) is 18.8 Å². The minimum Gasteiger partial charge on any atom is -0.465 e.